The number of nitriles is 1. The first-order valence-electron chi connectivity index (χ1n) is 5.62. The number of hydrogen-bond donors (Lipinski definition) is 2. The van der Waals surface area contributed by atoms with E-state index < -0.39 is 0 Å². The fourth-order valence-electron chi connectivity index (χ4n) is 1.34. The lowest BCUT2D eigenvalue weighted by Crippen LogP contribution is -2.27. The van der Waals surface area contributed by atoms with Crippen molar-refractivity contribution in [2.24, 2.45) is 5.92 Å². The van der Waals surface area contributed by atoms with Crippen LogP contribution in [0.3, 0.4) is 0 Å². The highest BCUT2D eigenvalue weighted by molar-refractivity contribution is 5.76. The zero-order valence-corrected chi connectivity index (χ0v) is 9.94. The minimum Gasteiger partial charge on any atom is -0.399 e. The minimum atomic E-state index is -0.143. The summed E-state index contributed by atoms with van der Waals surface area (Å²) in [6.45, 7) is 2.19. The zero-order chi connectivity index (χ0) is 12.7. The Balaban J connectivity index is 2.29. The van der Waals surface area contributed by atoms with Crippen molar-refractivity contribution in [3.63, 3.8) is 0 Å². The first kappa shape index (κ1) is 13.0. The lowest BCUT2D eigenvalue weighted by Gasteiger charge is -2.06. The molecule has 0 saturated heterocycles. The number of nitrogens with zero attached hydrogens (tertiary/aromatic N) is 1. The van der Waals surface area contributed by atoms with Crippen LogP contribution in [0.1, 0.15) is 18.9 Å². The van der Waals surface area contributed by atoms with Crippen LogP contribution in [0.5, 0.6) is 0 Å². The molecular weight excluding hydrogens is 214 g/mol. The van der Waals surface area contributed by atoms with Gasteiger partial charge in [-0.2, -0.15) is 5.26 Å². The van der Waals surface area contributed by atoms with Gasteiger partial charge in [0.1, 0.15) is 0 Å². The van der Waals surface area contributed by atoms with Crippen LogP contribution in [0.25, 0.3) is 0 Å². The number of nitrogen functional groups attached to an aromatic ring is 1. The highest BCUT2D eigenvalue weighted by Crippen LogP contribution is 2.07. The molecular formula is C13H17N3O. The average molecular weight is 231 g/mol. The smallest absolute Gasteiger partial charge is 0.220 e. The third-order valence-corrected chi connectivity index (χ3v) is 2.45. The molecule has 1 atom stereocenters. The molecule has 17 heavy (non-hydrogen) atoms. The molecule has 0 fully saturated rings. The van der Waals surface area contributed by atoms with E-state index in [-0.39, 0.29) is 11.8 Å². The lowest BCUT2D eigenvalue weighted by atomic mass is 10.1. The highest BCUT2D eigenvalue weighted by atomic mass is 16.1. The van der Waals surface area contributed by atoms with Gasteiger partial charge in [-0.25, -0.2) is 0 Å². The summed E-state index contributed by atoms with van der Waals surface area (Å²) in [7, 11) is 0. The number of nitrogens with two attached hydrogens (primary N) is 1. The van der Waals surface area contributed by atoms with E-state index in [0.29, 0.717) is 19.4 Å². The van der Waals surface area contributed by atoms with Gasteiger partial charge in [0.2, 0.25) is 5.91 Å². The van der Waals surface area contributed by atoms with Gasteiger partial charge in [-0.1, -0.05) is 12.1 Å². The first-order chi connectivity index (χ1) is 8.11. The maximum absolute atomic E-state index is 11.5. The summed E-state index contributed by atoms with van der Waals surface area (Å²) in [5, 5.41) is 11.3. The van der Waals surface area contributed by atoms with Gasteiger partial charge < -0.3 is 11.1 Å². The van der Waals surface area contributed by atoms with E-state index >= 15 is 0 Å². The molecule has 4 heteroatoms. The van der Waals surface area contributed by atoms with E-state index in [1.165, 1.54) is 0 Å². The normalized spacial score (nSPS) is 11.5. The monoisotopic (exact) mass is 231 g/mol. The van der Waals surface area contributed by atoms with Gasteiger partial charge in [-0.3, -0.25) is 4.79 Å². The zero-order valence-electron chi connectivity index (χ0n) is 9.94. The van der Waals surface area contributed by atoms with Crippen LogP contribution < -0.4 is 11.1 Å². The first-order valence-corrected chi connectivity index (χ1v) is 5.62. The van der Waals surface area contributed by atoms with Crippen LogP contribution in [-0.4, -0.2) is 12.5 Å². The van der Waals surface area contributed by atoms with Gasteiger partial charge in [0.15, 0.2) is 0 Å². The second-order valence-corrected chi connectivity index (χ2v) is 4.08. The molecule has 1 amide bonds. The number of benzene rings is 1. The van der Waals surface area contributed by atoms with Crippen molar-refractivity contribution < 1.29 is 4.79 Å². The molecule has 0 saturated carbocycles. The van der Waals surface area contributed by atoms with Crippen LogP contribution in [0.2, 0.25) is 0 Å². The summed E-state index contributed by atoms with van der Waals surface area (Å²) in [6, 6.07) is 9.55. The number of carbonyl (C=O) groups is 1. The Bertz CT molecular complexity index is 406. The Morgan fingerprint density at radius 1 is 1.47 bits per heavy atom. The predicted molar refractivity (Wildman–Crippen MR) is 67.0 cm³/mol. The summed E-state index contributed by atoms with van der Waals surface area (Å²) < 4.78 is 0. The molecule has 90 valence electrons. The van der Waals surface area contributed by atoms with Crippen molar-refractivity contribution >= 4 is 11.6 Å². The highest BCUT2D eigenvalue weighted by Gasteiger charge is 2.04. The fourth-order valence-corrected chi connectivity index (χ4v) is 1.34. The van der Waals surface area contributed by atoms with E-state index in [0.717, 1.165) is 11.3 Å². The van der Waals surface area contributed by atoms with Crippen molar-refractivity contribution in [2.45, 2.75) is 19.8 Å². The van der Waals surface area contributed by atoms with Crippen LogP contribution >= 0.6 is 0 Å². The van der Waals surface area contributed by atoms with Gasteiger partial charge >= 0.3 is 0 Å². The molecule has 0 aliphatic carbocycles. The van der Waals surface area contributed by atoms with Crippen LogP contribution in [0, 0.1) is 17.2 Å². The van der Waals surface area contributed by atoms with Gasteiger partial charge in [0, 0.05) is 18.7 Å². The van der Waals surface area contributed by atoms with Gasteiger partial charge in [0.25, 0.3) is 0 Å². The molecule has 4 nitrogen and oxygen atoms in total. The van der Waals surface area contributed by atoms with Crippen LogP contribution in [0.4, 0.5) is 5.69 Å². The van der Waals surface area contributed by atoms with Crippen LogP contribution in [-0.2, 0) is 11.2 Å². The predicted octanol–water partition coefficient (Wildman–Crippen LogP) is 1.48. The van der Waals surface area contributed by atoms with E-state index in [1.807, 2.05) is 24.3 Å². The maximum Gasteiger partial charge on any atom is 0.220 e. The number of carbonyl (C=O) groups excluding carboxylic acids is 1. The molecule has 1 aromatic rings. The van der Waals surface area contributed by atoms with E-state index in [1.54, 1.807) is 6.92 Å². The number of hydrogen-bond acceptors (Lipinski definition) is 3. The Morgan fingerprint density at radius 3 is 2.71 bits per heavy atom. The summed E-state index contributed by atoms with van der Waals surface area (Å²) in [4.78, 5) is 11.5. The molecule has 1 rings (SSSR count). The number of aryl methyl sites for hydroxylation is 1. The number of nitrogens with one attached hydrogen (secondary N) is 1. The Morgan fingerprint density at radius 2 is 2.12 bits per heavy atom. The summed E-state index contributed by atoms with van der Waals surface area (Å²) in [5.74, 6) is -0.167. The largest absolute Gasteiger partial charge is 0.399 e. The third kappa shape index (κ3) is 5.03. The standard InChI is InChI=1S/C13H17N3O/c1-10(8-14)9-16-13(17)7-4-11-2-5-12(15)6-3-11/h2-3,5-6,10H,4,7,9,15H2,1H3,(H,16,17). The second kappa shape index (κ2) is 6.54. The van der Waals surface area contributed by atoms with Crippen molar-refractivity contribution in [1.82, 2.24) is 5.32 Å². The fraction of sp³-hybridized carbons (Fsp3) is 0.385. The molecule has 0 heterocycles. The van der Waals surface area contributed by atoms with Crippen molar-refractivity contribution in [3.8, 4) is 6.07 Å². The molecule has 0 radical (unpaired) electrons. The van der Waals surface area contributed by atoms with E-state index in [2.05, 4.69) is 11.4 Å². The number of amides is 1. The van der Waals surface area contributed by atoms with Crippen LogP contribution in [0.15, 0.2) is 24.3 Å². The van der Waals surface area contributed by atoms with Crippen molar-refractivity contribution in [3.05, 3.63) is 29.8 Å². The molecule has 1 aromatic carbocycles. The Hall–Kier alpha value is -2.02. The van der Waals surface area contributed by atoms with Gasteiger partial charge in [-0.15, -0.1) is 0 Å². The average Bonchev–Trinajstić information content (AvgIpc) is 2.35. The van der Waals surface area contributed by atoms with E-state index in [9.17, 15) is 4.79 Å². The molecule has 1 unspecified atom stereocenters. The topological polar surface area (TPSA) is 78.9 Å². The molecule has 0 aromatic heterocycles. The third-order valence-electron chi connectivity index (χ3n) is 2.45. The summed E-state index contributed by atoms with van der Waals surface area (Å²) in [6.07, 6.45) is 1.12. The Labute approximate surface area is 101 Å². The number of rotatable bonds is 5. The summed E-state index contributed by atoms with van der Waals surface area (Å²) in [5.41, 5.74) is 7.38. The second-order valence-electron chi connectivity index (χ2n) is 4.08. The molecule has 3 N–H and O–H groups in total. The quantitative estimate of drug-likeness (QED) is 0.753. The molecule has 0 aliphatic heterocycles. The van der Waals surface area contributed by atoms with Gasteiger partial charge in [0.05, 0.1) is 12.0 Å². The SMILES string of the molecule is CC(C#N)CNC(=O)CCc1ccc(N)cc1. The summed E-state index contributed by atoms with van der Waals surface area (Å²) >= 11 is 0. The molecule has 0 bridgehead atoms. The minimum absolute atomic E-state index is 0.0241. The molecule has 0 aliphatic rings. The lowest BCUT2D eigenvalue weighted by molar-refractivity contribution is -0.121. The molecule has 0 spiro atoms. The maximum atomic E-state index is 11.5. The van der Waals surface area contributed by atoms with E-state index in [4.69, 9.17) is 11.0 Å². The number of anilines is 1. The Kier molecular flexibility index (Phi) is 5.02. The van der Waals surface area contributed by atoms with Gasteiger partial charge in [-0.05, 0) is 31.0 Å². The van der Waals surface area contributed by atoms with Crippen molar-refractivity contribution in [1.29, 1.82) is 5.26 Å². The van der Waals surface area contributed by atoms with Crippen molar-refractivity contribution in [2.75, 3.05) is 12.3 Å².